The molecule has 0 saturated carbocycles. The van der Waals surface area contributed by atoms with E-state index in [9.17, 15) is 18.5 Å². The number of amides is 1. The van der Waals surface area contributed by atoms with Crippen molar-refractivity contribution in [1.29, 1.82) is 5.26 Å². The maximum Gasteiger partial charge on any atom is 0.268 e. The number of nitrogens with one attached hydrogen (secondary N) is 1. The quantitative estimate of drug-likeness (QED) is 0.292. The number of rotatable bonds is 7. The molecule has 0 bridgehead atoms. The van der Waals surface area contributed by atoms with Crippen LogP contribution in [0.4, 0.5) is 5.13 Å². The number of nitrogens with zero attached hydrogens (tertiary/aromatic N) is 4. The van der Waals surface area contributed by atoms with Crippen molar-refractivity contribution in [3.05, 3.63) is 51.8 Å². The SMILES string of the molecule is CCS(=O)(=O)c1nnc(NC(=O)C(C#N)=Cc2cc(C)n(-c3ccc(OC)c(Cl)c3)c2C)s1. The van der Waals surface area contributed by atoms with E-state index in [4.69, 9.17) is 16.3 Å². The Morgan fingerprint density at radius 2 is 2.06 bits per heavy atom. The molecule has 0 radical (unpaired) electrons. The van der Waals surface area contributed by atoms with Crippen LogP contribution in [0.2, 0.25) is 5.02 Å². The minimum Gasteiger partial charge on any atom is -0.495 e. The van der Waals surface area contributed by atoms with Gasteiger partial charge < -0.3 is 9.30 Å². The van der Waals surface area contributed by atoms with E-state index in [1.807, 2.05) is 36.6 Å². The van der Waals surface area contributed by atoms with Gasteiger partial charge in [-0.1, -0.05) is 29.9 Å². The van der Waals surface area contributed by atoms with Crippen LogP contribution in [-0.2, 0) is 14.6 Å². The summed E-state index contributed by atoms with van der Waals surface area (Å²) in [6, 6.07) is 9.10. The van der Waals surface area contributed by atoms with E-state index in [1.165, 1.54) is 20.1 Å². The molecule has 2 aromatic heterocycles. The summed E-state index contributed by atoms with van der Waals surface area (Å²) in [5, 5.41) is 19.7. The largest absolute Gasteiger partial charge is 0.495 e. The molecule has 3 rings (SSSR count). The Kier molecular flexibility index (Phi) is 7.22. The summed E-state index contributed by atoms with van der Waals surface area (Å²) < 4.78 is 30.7. The first-order valence-corrected chi connectivity index (χ1v) is 12.5. The Bertz CT molecular complexity index is 1400. The van der Waals surface area contributed by atoms with Crippen LogP contribution in [0.3, 0.4) is 0 Å². The van der Waals surface area contributed by atoms with E-state index in [1.54, 1.807) is 12.1 Å². The second-order valence-corrected chi connectivity index (χ2v) is 10.7. The summed E-state index contributed by atoms with van der Waals surface area (Å²) in [5.41, 5.74) is 2.96. The van der Waals surface area contributed by atoms with Gasteiger partial charge in [0.2, 0.25) is 19.3 Å². The van der Waals surface area contributed by atoms with Gasteiger partial charge in [0.25, 0.3) is 5.91 Å². The maximum atomic E-state index is 12.6. The molecule has 0 unspecified atom stereocenters. The Labute approximate surface area is 200 Å². The third-order valence-corrected chi connectivity index (χ3v) is 8.12. The van der Waals surface area contributed by atoms with Crippen LogP contribution >= 0.6 is 22.9 Å². The smallest absolute Gasteiger partial charge is 0.268 e. The highest BCUT2D eigenvalue weighted by molar-refractivity contribution is 7.93. The number of nitriles is 1. The number of anilines is 1. The lowest BCUT2D eigenvalue weighted by molar-refractivity contribution is -0.112. The summed E-state index contributed by atoms with van der Waals surface area (Å²) in [6.45, 7) is 5.24. The van der Waals surface area contributed by atoms with Crippen molar-refractivity contribution in [2.75, 3.05) is 18.2 Å². The van der Waals surface area contributed by atoms with Crippen LogP contribution in [0.25, 0.3) is 11.8 Å². The average Bonchev–Trinajstić information content (AvgIpc) is 3.36. The zero-order valence-corrected chi connectivity index (χ0v) is 20.6. The highest BCUT2D eigenvalue weighted by Gasteiger charge is 2.20. The zero-order chi connectivity index (χ0) is 24.3. The lowest BCUT2D eigenvalue weighted by atomic mass is 10.1. The predicted octanol–water partition coefficient (Wildman–Crippen LogP) is 3.95. The van der Waals surface area contributed by atoms with E-state index in [0.717, 1.165) is 28.4 Å². The molecular weight excluding hydrogens is 486 g/mol. The molecule has 12 heteroatoms. The van der Waals surface area contributed by atoms with Gasteiger partial charge in [-0.05, 0) is 49.8 Å². The van der Waals surface area contributed by atoms with Crippen molar-refractivity contribution >= 4 is 49.9 Å². The third kappa shape index (κ3) is 5.08. The lowest BCUT2D eigenvalue weighted by Gasteiger charge is -2.12. The van der Waals surface area contributed by atoms with Gasteiger partial charge >= 0.3 is 0 Å². The number of methoxy groups -OCH3 is 1. The highest BCUT2D eigenvalue weighted by Crippen LogP contribution is 2.30. The standard InChI is InChI=1S/C21H20ClN5O4S2/c1-5-33(29,30)21-26-25-20(32-21)24-19(28)15(11-23)9-14-8-12(2)27(13(14)3)16-6-7-18(31-4)17(22)10-16/h6-10H,5H2,1-4H3,(H,24,25,28). The van der Waals surface area contributed by atoms with Crippen molar-refractivity contribution in [3.63, 3.8) is 0 Å². The second kappa shape index (κ2) is 9.74. The summed E-state index contributed by atoms with van der Waals surface area (Å²) in [7, 11) is -2.00. The molecule has 0 atom stereocenters. The monoisotopic (exact) mass is 505 g/mol. The number of carbonyl (C=O) groups excluding carboxylic acids is 1. The molecule has 0 fully saturated rings. The minimum atomic E-state index is -3.54. The second-order valence-electron chi connectivity index (χ2n) is 6.88. The van der Waals surface area contributed by atoms with Crippen molar-refractivity contribution in [2.45, 2.75) is 25.1 Å². The van der Waals surface area contributed by atoms with Crippen molar-refractivity contribution in [2.24, 2.45) is 0 Å². The van der Waals surface area contributed by atoms with Gasteiger partial charge in [-0.15, -0.1) is 10.2 Å². The molecular formula is C21H20ClN5O4S2. The third-order valence-electron chi connectivity index (χ3n) is 4.80. The van der Waals surface area contributed by atoms with Gasteiger partial charge in [0.15, 0.2) is 0 Å². The van der Waals surface area contributed by atoms with Gasteiger partial charge in [0.1, 0.15) is 17.4 Å². The highest BCUT2D eigenvalue weighted by atomic mass is 35.5. The van der Waals surface area contributed by atoms with Crippen LogP contribution in [0, 0.1) is 25.2 Å². The molecule has 9 nitrogen and oxygen atoms in total. The molecule has 3 aromatic rings. The average molecular weight is 506 g/mol. The normalized spacial score (nSPS) is 11.8. The van der Waals surface area contributed by atoms with Gasteiger partial charge in [-0.3, -0.25) is 10.1 Å². The van der Waals surface area contributed by atoms with Crippen molar-refractivity contribution in [3.8, 4) is 17.5 Å². The molecule has 0 spiro atoms. The van der Waals surface area contributed by atoms with Crippen LogP contribution < -0.4 is 10.1 Å². The number of aromatic nitrogens is 3. The predicted molar refractivity (Wildman–Crippen MR) is 127 cm³/mol. The van der Waals surface area contributed by atoms with Gasteiger partial charge in [0, 0.05) is 17.1 Å². The Morgan fingerprint density at radius 3 is 2.67 bits per heavy atom. The van der Waals surface area contributed by atoms with Crippen LogP contribution in [-0.4, -0.2) is 42.0 Å². The summed E-state index contributed by atoms with van der Waals surface area (Å²) in [5.74, 6) is -0.294. The van der Waals surface area contributed by atoms with Gasteiger partial charge in [-0.25, -0.2) is 8.42 Å². The van der Waals surface area contributed by atoms with E-state index in [0.29, 0.717) is 16.3 Å². The van der Waals surface area contributed by atoms with E-state index in [-0.39, 0.29) is 20.8 Å². The van der Waals surface area contributed by atoms with E-state index < -0.39 is 15.7 Å². The minimum absolute atomic E-state index is 0.00785. The molecule has 33 heavy (non-hydrogen) atoms. The molecule has 172 valence electrons. The molecule has 2 heterocycles. The number of hydrogen-bond donors (Lipinski definition) is 1. The number of carbonyl (C=O) groups is 1. The molecule has 0 aliphatic heterocycles. The maximum absolute atomic E-state index is 12.6. The molecule has 0 aliphatic rings. The topological polar surface area (TPSA) is 127 Å². The number of ether oxygens (including phenoxy) is 1. The van der Waals surface area contributed by atoms with Crippen LogP contribution in [0.15, 0.2) is 34.2 Å². The first-order chi connectivity index (χ1) is 15.6. The van der Waals surface area contributed by atoms with Gasteiger partial charge in [-0.2, -0.15) is 5.26 Å². The number of benzene rings is 1. The summed E-state index contributed by atoms with van der Waals surface area (Å²) >= 11 is 6.99. The Balaban J connectivity index is 1.90. The number of aryl methyl sites for hydroxylation is 1. The van der Waals surface area contributed by atoms with E-state index in [2.05, 4.69) is 15.5 Å². The number of sulfone groups is 1. The number of halogens is 1. The fraction of sp³-hybridized carbons (Fsp3) is 0.238. The van der Waals surface area contributed by atoms with Crippen molar-refractivity contribution in [1.82, 2.24) is 14.8 Å². The molecule has 1 aromatic carbocycles. The zero-order valence-electron chi connectivity index (χ0n) is 18.2. The Morgan fingerprint density at radius 1 is 1.33 bits per heavy atom. The molecule has 0 aliphatic carbocycles. The lowest BCUT2D eigenvalue weighted by Crippen LogP contribution is -2.13. The summed E-state index contributed by atoms with van der Waals surface area (Å²) in [6.07, 6.45) is 1.46. The van der Waals surface area contributed by atoms with E-state index >= 15 is 0 Å². The first-order valence-electron chi connectivity index (χ1n) is 9.63. The molecule has 0 saturated heterocycles. The van der Waals surface area contributed by atoms with Crippen molar-refractivity contribution < 1.29 is 17.9 Å². The first kappa shape index (κ1) is 24.4. The molecule has 1 amide bonds. The van der Waals surface area contributed by atoms with Crippen LogP contribution in [0.1, 0.15) is 23.9 Å². The number of hydrogen-bond acceptors (Lipinski definition) is 8. The van der Waals surface area contributed by atoms with Gasteiger partial charge in [0.05, 0.1) is 17.9 Å². The fourth-order valence-electron chi connectivity index (χ4n) is 3.10. The Hall–Kier alpha value is -3.20. The van der Waals surface area contributed by atoms with Crippen LogP contribution in [0.5, 0.6) is 5.75 Å². The summed E-state index contributed by atoms with van der Waals surface area (Å²) in [4.78, 5) is 12.6. The fourth-order valence-corrected chi connectivity index (χ4v) is 5.34. The molecule has 1 N–H and O–H groups in total.